The van der Waals surface area contributed by atoms with Gasteiger partial charge in [-0.25, -0.2) is 4.98 Å². The first-order valence-electron chi connectivity index (χ1n) is 7.65. The van der Waals surface area contributed by atoms with Gasteiger partial charge in [-0.2, -0.15) is 4.98 Å². The van der Waals surface area contributed by atoms with Crippen molar-refractivity contribution in [2.45, 2.75) is 45.1 Å². The first kappa shape index (κ1) is 14.5. The quantitative estimate of drug-likeness (QED) is 0.809. The van der Waals surface area contributed by atoms with Gasteiger partial charge in [0, 0.05) is 17.3 Å². The summed E-state index contributed by atoms with van der Waals surface area (Å²) >= 11 is 1.67. The van der Waals surface area contributed by atoms with Gasteiger partial charge < -0.3 is 16.2 Å². The average Bonchev–Trinajstić information content (AvgIpc) is 2.89. The first-order chi connectivity index (χ1) is 10.2. The van der Waals surface area contributed by atoms with E-state index in [1.165, 1.54) is 11.3 Å². The monoisotopic (exact) mass is 306 g/mol. The number of thiophene rings is 1. The minimum Gasteiger partial charge on any atom is -0.393 e. The van der Waals surface area contributed by atoms with Crippen LogP contribution in [0.3, 0.4) is 0 Å². The highest BCUT2D eigenvalue weighted by Gasteiger charge is 2.23. The summed E-state index contributed by atoms with van der Waals surface area (Å²) in [5, 5.41) is 14.5. The average molecular weight is 306 g/mol. The van der Waals surface area contributed by atoms with Crippen molar-refractivity contribution in [2.75, 3.05) is 17.6 Å². The van der Waals surface area contributed by atoms with Crippen molar-refractivity contribution in [1.82, 2.24) is 9.97 Å². The fourth-order valence-electron chi connectivity index (χ4n) is 2.95. The number of nitrogens with zero attached hydrogens (tertiary/aromatic N) is 2. The molecule has 0 amide bonds. The number of nitrogens with one attached hydrogen (secondary N) is 1. The molecule has 2 heterocycles. The maximum atomic E-state index is 10.1. The maximum Gasteiger partial charge on any atom is 0.223 e. The van der Waals surface area contributed by atoms with E-state index >= 15 is 0 Å². The second kappa shape index (κ2) is 6.15. The lowest BCUT2D eigenvalue weighted by molar-refractivity contribution is 0.0763. The highest BCUT2D eigenvalue weighted by atomic mass is 32.1. The van der Waals surface area contributed by atoms with Crippen LogP contribution < -0.4 is 11.1 Å². The van der Waals surface area contributed by atoms with Crippen LogP contribution in [0, 0.1) is 5.92 Å². The van der Waals surface area contributed by atoms with Gasteiger partial charge in [-0.05, 0) is 25.3 Å². The lowest BCUT2D eigenvalue weighted by Gasteiger charge is -2.27. The number of rotatable bonds is 4. The number of hydrogen-bond acceptors (Lipinski definition) is 6. The molecule has 2 unspecified atom stereocenters. The highest BCUT2D eigenvalue weighted by Crippen LogP contribution is 2.31. The Labute approximate surface area is 128 Å². The Morgan fingerprint density at radius 2 is 2.19 bits per heavy atom. The van der Waals surface area contributed by atoms with E-state index in [4.69, 9.17) is 5.73 Å². The van der Waals surface area contributed by atoms with Crippen molar-refractivity contribution in [3.63, 3.8) is 0 Å². The molecule has 0 radical (unpaired) electrons. The number of aliphatic hydroxyl groups excluding tert-OH is 1. The van der Waals surface area contributed by atoms with Crippen LogP contribution in [0.25, 0.3) is 10.2 Å². The number of fused-ring (bicyclic) bond motifs is 1. The molecule has 0 saturated heterocycles. The number of aliphatic hydroxyl groups is 1. The van der Waals surface area contributed by atoms with Crippen LogP contribution in [-0.4, -0.2) is 27.7 Å². The molecule has 6 heteroatoms. The van der Waals surface area contributed by atoms with E-state index in [0.29, 0.717) is 11.9 Å². The molecule has 2 aromatic rings. The fraction of sp³-hybridized carbons (Fsp3) is 0.600. The van der Waals surface area contributed by atoms with Crippen molar-refractivity contribution in [3.05, 3.63) is 10.9 Å². The number of hydrogen-bond donors (Lipinski definition) is 3. The van der Waals surface area contributed by atoms with Crippen molar-refractivity contribution in [3.8, 4) is 0 Å². The summed E-state index contributed by atoms with van der Waals surface area (Å²) < 4.78 is 0. The van der Waals surface area contributed by atoms with E-state index in [1.807, 2.05) is 0 Å². The lowest BCUT2D eigenvalue weighted by atomic mass is 9.86. The second-order valence-electron chi connectivity index (χ2n) is 5.71. The van der Waals surface area contributed by atoms with Crippen LogP contribution in [-0.2, 0) is 6.42 Å². The maximum absolute atomic E-state index is 10.1. The molecule has 114 valence electrons. The van der Waals surface area contributed by atoms with E-state index in [9.17, 15) is 5.11 Å². The summed E-state index contributed by atoms with van der Waals surface area (Å²) in [4.78, 5) is 10.9. The summed E-state index contributed by atoms with van der Waals surface area (Å²) in [7, 11) is 0. The fourth-order valence-corrected chi connectivity index (χ4v) is 3.92. The van der Waals surface area contributed by atoms with Crippen LogP contribution in [0.4, 0.5) is 11.8 Å². The van der Waals surface area contributed by atoms with Crippen molar-refractivity contribution < 1.29 is 5.11 Å². The zero-order valence-corrected chi connectivity index (χ0v) is 13.1. The normalized spacial score (nSPS) is 22.6. The zero-order chi connectivity index (χ0) is 14.8. The molecule has 2 atom stereocenters. The van der Waals surface area contributed by atoms with Crippen LogP contribution in [0.1, 0.15) is 37.5 Å². The molecular formula is C15H22N4OS. The smallest absolute Gasteiger partial charge is 0.223 e. The van der Waals surface area contributed by atoms with E-state index in [2.05, 4.69) is 28.3 Å². The molecule has 0 aliphatic heterocycles. The molecule has 1 aliphatic rings. The topological polar surface area (TPSA) is 84.1 Å². The number of aromatic nitrogens is 2. The Hall–Kier alpha value is -1.40. The van der Waals surface area contributed by atoms with Crippen molar-refractivity contribution in [2.24, 2.45) is 5.92 Å². The standard InChI is InChI=1S/C15H22N4OS/c1-2-10-7-11-13(18-15(16)19-14(11)21-10)17-8-9-5-3-4-6-12(9)20/h7,9,12,20H,2-6,8H2,1H3,(H3,16,17,18,19). The minimum atomic E-state index is -0.199. The summed E-state index contributed by atoms with van der Waals surface area (Å²) in [5.41, 5.74) is 5.81. The van der Waals surface area contributed by atoms with Crippen LogP contribution in [0.2, 0.25) is 0 Å². The van der Waals surface area contributed by atoms with Gasteiger partial charge in [0.15, 0.2) is 0 Å². The lowest BCUT2D eigenvalue weighted by Crippen LogP contribution is -2.30. The molecule has 1 fully saturated rings. The number of aryl methyl sites for hydroxylation is 1. The molecule has 0 aromatic carbocycles. The van der Waals surface area contributed by atoms with Gasteiger partial charge in [0.05, 0.1) is 11.5 Å². The molecule has 5 nitrogen and oxygen atoms in total. The third-order valence-electron chi connectivity index (χ3n) is 4.21. The third kappa shape index (κ3) is 3.11. The summed E-state index contributed by atoms with van der Waals surface area (Å²) in [6, 6.07) is 2.14. The van der Waals surface area contributed by atoms with Crippen LogP contribution in [0.5, 0.6) is 0 Å². The predicted octanol–water partition coefficient (Wildman–Crippen LogP) is 2.80. The molecule has 0 spiro atoms. The molecule has 1 saturated carbocycles. The minimum absolute atomic E-state index is 0.199. The van der Waals surface area contributed by atoms with E-state index in [-0.39, 0.29) is 6.10 Å². The van der Waals surface area contributed by atoms with Gasteiger partial charge in [0.2, 0.25) is 5.95 Å². The Morgan fingerprint density at radius 1 is 1.38 bits per heavy atom. The van der Waals surface area contributed by atoms with Gasteiger partial charge in [-0.1, -0.05) is 19.8 Å². The van der Waals surface area contributed by atoms with Gasteiger partial charge in [-0.15, -0.1) is 11.3 Å². The van der Waals surface area contributed by atoms with Crippen LogP contribution >= 0.6 is 11.3 Å². The molecular weight excluding hydrogens is 284 g/mol. The predicted molar refractivity (Wildman–Crippen MR) is 87.7 cm³/mol. The van der Waals surface area contributed by atoms with E-state index < -0.39 is 0 Å². The molecule has 2 aromatic heterocycles. The van der Waals surface area contributed by atoms with Gasteiger partial charge >= 0.3 is 0 Å². The van der Waals surface area contributed by atoms with Gasteiger partial charge in [0.25, 0.3) is 0 Å². The van der Waals surface area contributed by atoms with Gasteiger partial charge in [0.1, 0.15) is 10.6 Å². The van der Waals surface area contributed by atoms with Crippen molar-refractivity contribution in [1.29, 1.82) is 0 Å². The zero-order valence-electron chi connectivity index (χ0n) is 12.3. The Kier molecular flexibility index (Phi) is 4.26. The van der Waals surface area contributed by atoms with E-state index in [0.717, 1.165) is 48.3 Å². The summed E-state index contributed by atoms with van der Waals surface area (Å²) in [6.45, 7) is 2.87. The largest absolute Gasteiger partial charge is 0.393 e. The summed E-state index contributed by atoms with van der Waals surface area (Å²) in [5.74, 6) is 1.40. The highest BCUT2D eigenvalue weighted by molar-refractivity contribution is 7.18. The SMILES string of the molecule is CCc1cc2c(NCC3CCCCC3O)nc(N)nc2s1. The third-order valence-corrected chi connectivity index (χ3v) is 5.38. The van der Waals surface area contributed by atoms with E-state index in [1.54, 1.807) is 11.3 Å². The Balaban J connectivity index is 1.80. The molecule has 3 rings (SSSR count). The number of nitrogen functional groups attached to an aromatic ring is 1. The Morgan fingerprint density at radius 3 is 2.95 bits per heavy atom. The van der Waals surface area contributed by atoms with Crippen LogP contribution in [0.15, 0.2) is 6.07 Å². The first-order valence-corrected chi connectivity index (χ1v) is 8.47. The van der Waals surface area contributed by atoms with Crippen molar-refractivity contribution >= 4 is 33.3 Å². The second-order valence-corrected chi connectivity index (χ2v) is 6.82. The molecule has 1 aliphatic carbocycles. The Bertz CT molecular complexity index is 627. The number of anilines is 2. The molecule has 4 N–H and O–H groups in total. The molecule has 0 bridgehead atoms. The number of nitrogens with two attached hydrogens (primary N) is 1. The summed E-state index contributed by atoms with van der Waals surface area (Å²) in [6.07, 6.45) is 5.10. The van der Waals surface area contributed by atoms with Gasteiger partial charge in [-0.3, -0.25) is 0 Å². The molecule has 21 heavy (non-hydrogen) atoms.